The van der Waals surface area contributed by atoms with Crippen molar-refractivity contribution in [3.63, 3.8) is 0 Å². The van der Waals surface area contributed by atoms with E-state index in [2.05, 4.69) is 10.2 Å². The fourth-order valence-electron chi connectivity index (χ4n) is 4.04. The van der Waals surface area contributed by atoms with Gasteiger partial charge < -0.3 is 5.11 Å². The summed E-state index contributed by atoms with van der Waals surface area (Å²) in [5, 5.41) is 20.1. The first kappa shape index (κ1) is 24.0. The molecule has 6 nitrogen and oxygen atoms in total. The Bertz CT molecular complexity index is 1450. The molecule has 1 aliphatic heterocycles. The van der Waals surface area contributed by atoms with E-state index < -0.39 is 17.7 Å². The number of aliphatic hydroxyl groups is 1. The van der Waals surface area contributed by atoms with E-state index in [9.17, 15) is 14.7 Å². The summed E-state index contributed by atoms with van der Waals surface area (Å²) in [5.41, 5.74) is 4.45. The zero-order chi connectivity index (χ0) is 25.2. The average molecular weight is 514 g/mol. The van der Waals surface area contributed by atoms with Gasteiger partial charge in [0.15, 0.2) is 4.34 Å². The van der Waals surface area contributed by atoms with E-state index in [1.165, 1.54) is 28.0 Å². The molecule has 4 aromatic rings. The molecule has 0 saturated carbocycles. The Kier molecular flexibility index (Phi) is 6.71. The summed E-state index contributed by atoms with van der Waals surface area (Å²) in [7, 11) is 0. The summed E-state index contributed by atoms with van der Waals surface area (Å²) in [6.45, 7) is 3.91. The van der Waals surface area contributed by atoms with Crippen LogP contribution in [0, 0.1) is 13.8 Å². The van der Waals surface area contributed by atoms with Gasteiger partial charge in [0.05, 0.1) is 11.6 Å². The summed E-state index contributed by atoms with van der Waals surface area (Å²) in [6.07, 6.45) is 0. The molecule has 1 fully saturated rings. The SMILES string of the molecule is Cc1ccc(C(O)=C2C(=O)C(=O)N(c3nnc(SCc4ccccc4)s3)C2c2ccc(C)cc2)cc1. The number of carbonyl (C=O) groups is 2. The predicted molar refractivity (Wildman–Crippen MR) is 143 cm³/mol. The van der Waals surface area contributed by atoms with Crippen LogP contribution in [0.2, 0.25) is 0 Å². The molecule has 0 spiro atoms. The molecular formula is C28H23N3O3S2. The van der Waals surface area contributed by atoms with Crippen LogP contribution in [-0.2, 0) is 15.3 Å². The van der Waals surface area contributed by atoms with Crippen LogP contribution in [-0.4, -0.2) is 27.0 Å². The number of hydrogen-bond acceptors (Lipinski definition) is 7. The van der Waals surface area contributed by atoms with Crippen molar-refractivity contribution in [2.45, 2.75) is 30.0 Å². The number of benzene rings is 3. The van der Waals surface area contributed by atoms with Crippen LogP contribution in [0.15, 0.2) is 88.8 Å². The molecule has 5 rings (SSSR count). The summed E-state index contributed by atoms with van der Waals surface area (Å²) in [6, 6.07) is 24.0. The van der Waals surface area contributed by atoms with Gasteiger partial charge in [-0.25, -0.2) is 0 Å². The first-order chi connectivity index (χ1) is 17.4. The number of anilines is 1. The fourth-order valence-corrected chi connectivity index (χ4v) is 5.86. The Hall–Kier alpha value is -3.75. The number of hydrogen-bond donors (Lipinski definition) is 1. The third-order valence-electron chi connectivity index (χ3n) is 5.97. The van der Waals surface area contributed by atoms with Crippen molar-refractivity contribution >= 4 is 45.7 Å². The molecule has 2 heterocycles. The van der Waals surface area contributed by atoms with Crippen LogP contribution in [0.25, 0.3) is 5.76 Å². The van der Waals surface area contributed by atoms with Gasteiger partial charge in [0.2, 0.25) is 5.13 Å². The number of aromatic nitrogens is 2. The minimum absolute atomic E-state index is 0.0430. The molecule has 3 aromatic carbocycles. The van der Waals surface area contributed by atoms with E-state index in [0.29, 0.717) is 26.4 Å². The number of carbonyl (C=O) groups excluding carboxylic acids is 2. The lowest BCUT2D eigenvalue weighted by atomic mass is 9.94. The maximum absolute atomic E-state index is 13.3. The maximum Gasteiger partial charge on any atom is 0.301 e. The number of nitrogens with zero attached hydrogens (tertiary/aromatic N) is 3. The third-order valence-corrected chi connectivity index (χ3v) is 8.10. The molecule has 0 aliphatic carbocycles. The van der Waals surface area contributed by atoms with Gasteiger partial charge in [-0.3, -0.25) is 14.5 Å². The topological polar surface area (TPSA) is 83.4 Å². The van der Waals surface area contributed by atoms with E-state index in [-0.39, 0.29) is 11.3 Å². The quantitative estimate of drug-likeness (QED) is 0.111. The monoisotopic (exact) mass is 513 g/mol. The number of rotatable bonds is 6. The van der Waals surface area contributed by atoms with Gasteiger partial charge in [0.25, 0.3) is 5.78 Å². The predicted octanol–water partition coefficient (Wildman–Crippen LogP) is 6.07. The lowest BCUT2D eigenvalue weighted by Gasteiger charge is -2.22. The summed E-state index contributed by atoms with van der Waals surface area (Å²) < 4.78 is 0.692. The lowest BCUT2D eigenvalue weighted by molar-refractivity contribution is -0.132. The smallest absolute Gasteiger partial charge is 0.301 e. The molecule has 1 saturated heterocycles. The minimum atomic E-state index is -0.813. The fraction of sp³-hybridized carbons (Fsp3) is 0.143. The first-order valence-electron chi connectivity index (χ1n) is 11.4. The van der Waals surface area contributed by atoms with Crippen LogP contribution < -0.4 is 4.90 Å². The Morgan fingerprint density at radius 2 is 1.56 bits per heavy atom. The second kappa shape index (κ2) is 10.1. The molecule has 1 amide bonds. The maximum atomic E-state index is 13.3. The number of aliphatic hydroxyl groups excluding tert-OH is 1. The van der Waals surface area contributed by atoms with Gasteiger partial charge in [-0.2, -0.15) is 0 Å². The molecule has 180 valence electrons. The zero-order valence-electron chi connectivity index (χ0n) is 19.7. The Labute approximate surface area is 217 Å². The van der Waals surface area contributed by atoms with Crippen molar-refractivity contribution in [3.05, 3.63) is 112 Å². The molecule has 0 radical (unpaired) electrons. The number of aryl methyl sites for hydroxylation is 2. The van der Waals surface area contributed by atoms with Gasteiger partial charge in [-0.1, -0.05) is 113 Å². The molecule has 1 aromatic heterocycles. The summed E-state index contributed by atoms with van der Waals surface area (Å²) in [5.74, 6) is -0.967. The number of ketones is 1. The number of amides is 1. The highest BCUT2D eigenvalue weighted by Crippen LogP contribution is 2.44. The zero-order valence-corrected chi connectivity index (χ0v) is 21.3. The summed E-state index contributed by atoms with van der Waals surface area (Å²) >= 11 is 2.78. The van der Waals surface area contributed by atoms with Crippen LogP contribution in [0.4, 0.5) is 5.13 Å². The molecule has 1 atom stereocenters. The van der Waals surface area contributed by atoms with Crippen molar-refractivity contribution in [1.29, 1.82) is 0 Å². The van der Waals surface area contributed by atoms with Crippen molar-refractivity contribution < 1.29 is 14.7 Å². The number of thioether (sulfide) groups is 1. The Morgan fingerprint density at radius 3 is 2.22 bits per heavy atom. The van der Waals surface area contributed by atoms with Crippen LogP contribution >= 0.6 is 23.1 Å². The first-order valence-corrected chi connectivity index (χ1v) is 13.2. The van der Waals surface area contributed by atoms with Gasteiger partial charge in [0.1, 0.15) is 5.76 Å². The van der Waals surface area contributed by atoms with Gasteiger partial charge >= 0.3 is 5.91 Å². The average Bonchev–Trinajstić information content (AvgIpc) is 3.46. The minimum Gasteiger partial charge on any atom is -0.507 e. The van der Waals surface area contributed by atoms with E-state index in [1.54, 1.807) is 12.1 Å². The standard InChI is InChI=1S/C28H23N3O3S2/c1-17-8-12-20(13-9-17)23-22(24(32)21-14-10-18(2)11-15-21)25(33)26(34)31(23)27-29-30-28(36-27)35-16-19-6-4-3-5-7-19/h3-15,23,32H,16H2,1-2H3. The van der Waals surface area contributed by atoms with Gasteiger partial charge in [0, 0.05) is 11.3 Å². The highest BCUT2D eigenvalue weighted by atomic mass is 32.2. The number of Topliss-reactive ketones (excluding diaryl/α,β-unsaturated/α-hetero) is 1. The Morgan fingerprint density at radius 1 is 0.917 bits per heavy atom. The molecule has 1 N–H and O–H groups in total. The molecular weight excluding hydrogens is 490 g/mol. The largest absolute Gasteiger partial charge is 0.507 e. The molecule has 36 heavy (non-hydrogen) atoms. The highest BCUT2D eigenvalue weighted by Gasteiger charge is 2.48. The normalized spacial score (nSPS) is 17.1. The van der Waals surface area contributed by atoms with Gasteiger partial charge in [-0.05, 0) is 25.0 Å². The van der Waals surface area contributed by atoms with E-state index in [4.69, 9.17) is 0 Å². The summed E-state index contributed by atoms with van der Waals surface area (Å²) in [4.78, 5) is 27.9. The molecule has 0 bridgehead atoms. The van der Waals surface area contributed by atoms with Crippen molar-refractivity contribution in [2.24, 2.45) is 0 Å². The van der Waals surface area contributed by atoms with Crippen LogP contribution in [0.1, 0.15) is 33.9 Å². The van der Waals surface area contributed by atoms with Gasteiger partial charge in [-0.15, -0.1) is 10.2 Å². The lowest BCUT2D eigenvalue weighted by Crippen LogP contribution is -2.29. The van der Waals surface area contributed by atoms with Crippen molar-refractivity contribution in [2.75, 3.05) is 4.90 Å². The molecule has 1 aliphatic rings. The van der Waals surface area contributed by atoms with E-state index >= 15 is 0 Å². The highest BCUT2D eigenvalue weighted by molar-refractivity contribution is 8.00. The second-order valence-corrected chi connectivity index (χ2v) is 10.7. The van der Waals surface area contributed by atoms with Crippen molar-refractivity contribution in [3.8, 4) is 0 Å². The third kappa shape index (κ3) is 4.69. The Balaban J connectivity index is 1.55. The van der Waals surface area contributed by atoms with E-state index in [1.807, 2.05) is 80.6 Å². The second-order valence-electron chi connectivity index (χ2n) is 8.57. The van der Waals surface area contributed by atoms with Crippen molar-refractivity contribution in [1.82, 2.24) is 10.2 Å². The van der Waals surface area contributed by atoms with E-state index in [0.717, 1.165) is 16.7 Å². The molecule has 1 unspecified atom stereocenters. The van der Waals surface area contributed by atoms with Crippen LogP contribution in [0.5, 0.6) is 0 Å². The molecule has 8 heteroatoms. The van der Waals surface area contributed by atoms with Crippen LogP contribution in [0.3, 0.4) is 0 Å².